The zero-order valence-electron chi connectivity index (χ0n) is 9.65. The van der Waals surface area contributed by atoms with Crippen LogP contribution in [0.3, 0.4) is 0 Å². The number of aliphatic carboxylic acids is 1. The Morgan fingerprint density at radius 3 is 2.62 bits per heavy atom. The van der Waals surface area contributed by atoms with Gasteiger partial charge in [0.2, 0.25) is 0 Å². The molecule has 0 bridgehead atoms. The fourth-order valence-corrected chi connectivity index (χ4v) is 2.90. The normalized spacial score (nSPS) is 20.8. The summed E-state index contributed by atoms with van der Waals surface area (Å²) in [7, 11) is -0.661. The van der Waals surface area contributed by atoms with E-state index in [1.54, 1.807) is 0 Å². The molecule has 0 aromatic heterocycles. The maximum Gasteiger partial charge on any atom is 0.320 e. The second-order valence-corrected chi connectivity index (χ2v) is 5.62. The fourth-order valence-electron chi connectivity index (χ4n) is 1.77. The summed E-state index contributed by atoms with van der Waals surface area (Å²) in [5.41, 5.74) is 0. The van der Waals surface area contributed by atoms with Gasteiger partial charge in [0.15, 0.2) is 0 Å². The molecular weight excluding hydrogens is 228 g/mol. The minimum Gasteiger partial charge on any atom is -0.480 e. The first kappa shape index (κ1) is 13.6. The van der Waals surface area contributed by atoms with Crippen molar-refractivity contribution in [2.45, 2.75) is 19.4 Å². The lowest BCUT2D eigenvalue weighted by Crippen LogP contribution is -2.43. The highest BCUT2D eigenvalue weighted by Gasteiger charge is 2.19. The molecule has 1 aliphatic heterocycles. The average Bonchev–Trinajstić information content (AvgIpc) is 2.26. The molecule has 0 radical (unpaired) electrons. The maximum atomic E-state index is 11.1. The second-order valence-electron chi connectivity index (χ2n) is 3.93. The van der Waals surface area contributed by atoms with Gasteiger partial charge in [-0.15, -0.1) is 0 Å². The molecule has 6 heteroatoms. The van der Waals surface area contributed by atoms with E-state index in [1.807, 2.05) is 6.92 Å². The quantitative estimate of drug-likeness (QED) is 0.663. The van der Waals surface area contributed by atoms with Crippen molar-refractivity contribution in [1.82, 2.24) is 10.2 Å². The molecule has 1 fully saturated rings. The third-order valence-electron chi connectivity index (χ3n) is 2.75. The van der Waals surface area contributed by atoms with Gasteiger partial charge < -0.3 is 15.3 Å². The van der Waals surface area contributed by atoms with Crippen LogP contribution in [-0.4, -0.2) is 63.9 Å². The Kier molecular flexibility index (Phi) is 5.94. The molecule has 1 saturated heterocycles. The monoisotopic (exact) mass is 248 g/mol. The summed E-state index contributed by atoms with van der Waals surface area (Å²) in [4.78, 5) is 13.1. The van der Waals surface area contributed by atoms with E-state index in [4.69, 9.17) is 5.11 Å². The van der Waals surface area contributed by atoms with Crippen LogP contribution in [-0.2, 0) is 15.6 Å². The minimum absolute atomic E-state index is 0.461. The molecule has 0 aromatic carbocycles. The van der Waals surface area contributed by atoms with E-state index in [0.29, 0.717) is 13.0 Å². The molecule has 0 aromatic rings. The zero-order chi connectivity index (χ0) is 12.0. The van der Waals surface area contributed by atoms with Gasteiger partial charge in [-0.1, -0.05) is 6.92 Å². The minimum atomic E-state index is -0.789. The van der Waals surface area contributed by atoms with E-state index >= 15 is 0 Å². The third-order valence-corrected chi connectivity index (χ3v) is 4.03. The molecule has 5 nitrogen and oxygen atoms in total. The number of hydrogen-bond acceptors (Lipinski definition) is 4. The van der Waals surface area contributed by atoms with E-state index in [9.17, 15) is 9.00 Å². The van der Waals surface area contributed by atoms with Crippen molar-refractivity contribution in [3.05, 3.63) is 0 Å². The summed E-state index contributed by atoms with van der Waals surface area (Å²) in [5.74, 6) is 0.653. The molecule has 1 heterocycles. The smallest absolute Gasteiger partial charge is 0.320 e. The summed E-state index contributed by atoms with van der Waals surface area (Å²) in [6.07, 6.45) is 0.607. The SMILES string of the molecule is CCNC(CCN1CCS(=O)CC1)C(=O)O. The van der Waals surface area contributed by atoms with Crippen molar-refractivity contribution in [3.8, 4) is 0 Å². The topological polar surface area (TPSA) is 69.6 Å². The van der Waals surface area contributed by atoms with Crippen molar-refractivity contribution in [3.63, 3.8) is 0 Å². The predicted octanol–water partition coefficient (Wildman–Crippen LogP) is -0.496. The van der Waals surface area contributed by atoms with Gasteiger partial charge in [0.05, 0.1) is 0 Å². The van der Waals surface area contributed by atoms with Crippen LogP contribution in [0, 0.1) is 0 Å². The average molecular weight is 248 g/mol. The van der Waals surface area contributed by atoms with Gasteiger partial charge in [0.1, 0.15) is 6.04 Å². The van der Waals surface area contributed by atoms with Gasteiger partial charge in [0.25, 0.3) is 0 Å². The van der Waals surface area contributed by atoms with Gasteiger partial charge >= 0.3 is 5.97 Å². The number of carboxylic acid groups (broad SMARTS) is 1. The maximum absolute atomic E-state index is 11.1. The third kappa shape index (κ3) is 4.59. The Balaban J connectivity index is 2.26. The summed E-state index contributed by atoms with van der Waals surface area (Å²) in [6.45, 7) is 4.98. The summed E-state index contributed by atoms with van der Waals surface area (Å²) >= 11 is 0. The van der Waals surface area contributed by atoms with Crippen LogP contribution in [0.5, 0.6) is 0 Å². The van der Waals surface area contributed by atoms with Crippen molar-refractivity contribution in [2.24, 2.45) is 0 Å². The lowest BCUT2D eigenvalue weighted by Gasteiger charge is -2.27. The Labute approximate surface area is 98.7 Å². The molecule has 2 N–H and O–H groups in total. The first-order valence-corrected chi connectivity index (χ1v) is 7.15. The Hall–Kier alpha value is -0.460. The van der Waals surface area contributed by atoms with Crippen molar-refractivity contribution in [2.75, 3.05) is 37.7 Å². The molecular formula is C10H20N2O3S. The zero-order valence-corrected chi connectivity index (χ0v) is 10.5. The Morgan fingerprint density at radius 1 is 1.50 bits per heavy atom. The van der Waals surface area contributed by atoms with E-state index < -0.39 is 22.8 Å². The number of nitrogens with zero attached hydrogens (tertiary/aromatic N) is 1. The lowest BCUT2D eigenvalue weighted by molar-refractivity contribution is -0.139. The first-order chi connectivity index (χ1) is 7.63. The van der Waals surface area contributed by atoms with E-state index in [1.165, 1.54) is 0 Å². The summed E-state index contributed by atoms with van der Waals surface area (Å²) < 4.78 is 11.1. The van der Waals surface area contributed by atoms with Crippen LogP contribution in [0.25, 0.3) is 0 Å². The molecule has 1 rings (SSSR count). The molecule has 0 saturated carbocycles. The van der Waals surface area contributed by atoms with Gasteiger partial charge in [-0.25, -0.2) is 0 Å². The van der Waals surface area contributed by atoms with Gasteiger partial charge in [0, 0.05) is 41.9 Å². The van der Waals surface area contributed by atoms with Gasteiger partial charge in [-0.2, -0.15) is 0 Å². The Bertz CT molecular complexity index is 250. The lowest BCUT2D eigenvalue weighted by atomic mass is 10.2. The first-order valence-electron chi connectivity index (χ1n) is 5.67. The Morgan fingerprint density at radius 2 is 2.12 bits per heavy atom. The molecule has 1 aliphatic rings. The fraction of sp³-hybridized carbons (Fsp3) is 0.900. The highest BCUT2D eigenvalue weighted by molar-refractivity contribution is 7.85. The van der Waals surface area contributed by atoms with Crippen molar-refractivity contribution in [1.29, 1.82) is 0 Å². The standard InChI is InChI=1S/C10H20N2O3S/c1-2-11-9(10(13)14)3-4-12-5-7-16(15)8-6-12/h9,11H,2-8H2,1H3,(H,13,14). The number of nitrogens with one attached hydrogen (secondary N) is 1. The van der Waals surface area contributed by atoms with Crippen LogP contribution < -0.4 is 5.32 Å². The highest BCUT2D eigenvalue weighted by atomic mass is 32.2. The number of carboxylic acids is 1. The molecule has 0 aliphatic carbocycles. The number of hydrogen-bond donors (Lipinski definition) is 2. The van der Waals surface area contributed by atoms with Crippen LogP contribution in [0.4, 0.5) is 0 Å². The largest absolute Gasteiger partial charge is 0.480 e. The molecule has 1 unspecified atom stereocenters. The van der Waals surface area contributed by atoms with Crippen molar-refractivity contribution < 1.29 is 14.1 Å². The van der Waals surface area contributed by atoms with E-state index in [-0.39, 0.29) is 0 Å². The molecule has 16 heavy (non-hydrogen) atoms. The van der Waals surface area contributed by atoms with Crippen LogP contribution in [0.2, 0.25) is 0 Å². The summed E-state index contributed by atoms with van der Waals surface area (Å²) in [6, 6.07) is -0.461. The van der Waals surface area contributed by atoms with Crippen molar-refractivity contribution >= 4 is 16.8 Å². The molecule has 94 valence electrons. The number of likely N-dealkylation sites (N-methyl/N-ethyl adjacent to an activating group) is 1. The van der Waals surface area contributed by atoms with Gasteiger partial charge in [-0.05, 0) is 13.0 Å². The summed E-state index contributed by atoms with van der Waals surface area (Å²) in [5, 5.41) is 11.9. The van der Waals surface area contributed by atoms with Crippen LogP contribution in [0.1, 0.15) is 13.3 Å². The number of rotatable bonds is 6. The molecule has 1 atom stereocenters. The van der Waals surface area contributed by atoms with E-state index in [2.05, 4.69) is 10.2 Å². The molecule has 0 spiro atoms. The highest BCUT2D eigenvalue weighted by Crippen LogP contribution is 2.03. The molecule has 0 amide bonds. The van der Waals surface area contributed by atoms with Crippen LogP contribution in [0.15, 0.2) is 0 Å². The predicted molar refractivity (Wildman–Crippen MR) is 64.0 cm³/mol. The van der Waals surface area contributed by atoms with E-state index in [0.717, 1.165) is 31.1 Å². The second kappa shape index (κ2) is 6.98. The van der Waals surface area contributed by atoms with Crippen LogP contribution >= 0.6 is 0 Å². The number of carbonyl (C=O) groups is 1. The van der Waals surface area contributed by atoms with Gasteiger partial charge in [-0.3, -0.25) is 9.00 Å².